The molecule has 0 saturated carbocycles. The number of guanidine groups is 1. The van der Waals surface area contributed by atoms with Crippen LogP contribution in [0.5, 0.6) is 0 Å². The number of anilines is 1. The van der Waals surface area contributed by atoms with Crippen molar-refractivity contribution in [2.45, 2.75) is 33.7 Å². The molecule has 0 aliphatic rings. The second-order valence-corrected chi connectivity index (χ2v) is 6.09. The summed E-state index contributed by atoms with van der Waals surface area (Å²) < 4.78 is 0. The Balaban J connectivity index is 2.51. The molecule has 118 valence electrons. The maximum absolute atomic E-state index is 4.26. The van der Waals surface area contributed by atoms with Crippen molar-refractivity contribution in [1.29, 1.82) is 0 Å². The van der Waals surface area contributed by atoms with Gasteiger partial charge in [0.15, 0.2) is 5.96 Å². The van der Waals surface area contributed by atoms with Crippen LogP contribution in [0.25, 0.3) is 0 Å². The standard InChI is InChI=1S/C17H30N4/c1-13(2)11-19-17(18-5)20-12-16(14(3)4)21-15-9-7-6-8-10-15/h6-10,13-14,16,21H,11-12H2,1-5H3,(H2,18,19,20). The van der Waals surface area contributed by atoms with Gasteiger partial charge in [0, 0.05) is 31.9 Å². The third kappa shape index (κ3) is 7.02. The van der Waals surface area contributed by atoms with Gasteiger partial charge in [-0.2, -0.15) is 0 Å². The van der Waals surface area contributed by atoms with Gasteiger partial charge in [-0.25, -0.2) is 0 Å². The molecule has 0 aromatic heterocycles. The van der Waals surface area contributed by atoms with Gasteiger partial charge in [-0.05, 0) is 24.0 Å². The zero-order valence-corrected chi connectivity index (χ0v) is 14.0. The van der Waals surface area contributed by atoms with Crippen LogP contribution >= 0.6 is 0 Å². The summed E-state index contributed by atoms with van der Waals surface area (Å²) in [7, 11) is 1.81. The molecule has 0 heterocycles. The van der Waals surface area contributed by atoms with E-state index in [0.29, 0.717) is 17.9 Å². The first-order valence-corrected chi connectivity index (χ1v) is 7.79. The monoisotopic (exact) mass is 290 g/mol. The van der Waals surface area contributed by atoms with Crippen LogP contribution in [0.4, 0.5) is 5.69 Å². The lowest BCUT2D eigenvalue weighted by atomic mass is 10.0. The second-order valence-electron chi connectivity index (χ2n) is 6.09. The van der Waals surface area contributed by atoms with E-state index in [1.165, 1.54) is 0 Å². The fourth-order valence-corrected chi connectivity index (χ4v) is 1.93. The molecular formula is C17H30N4. The van der Waals surface area contributed by atoms with Gasteiger partial charge in [0.05, 0.1) is 0 Å². The van der Waals surface area contributed by atoms with Crippen LogP contribution in [-0.4, -0.2) is 32.1 Å². The SMILES string of the molecule is CN=C(NCC(C)C)NCC(Nc1ccccc1)C(C)C. The van der Waals surface area contributed by atoms with Crippen molar-refractivity contribution in [3.63, 3.8) is 0 Å². The fourth-order valence-electron chi connectivity index (χ4n) is 1.93. The Hall–Kier alpha value is -1.71. The number of benzene rings is 1. The molecule has 3 N–H and O–H groups in total. The molecular weight excluding hydrogens is 260 g/mol. The van der Waals surface area contributed by atoms with Crippen LogP contribution in [0.15, 0.2) is 35.3 Å². The Bertz CT molecular complexity index is 412. The molecule has 1 aromatic rings. The highest BCUT2D eigenvalue weighted by atomic mass is 15.2. The minimum atomic E-state index is 0.352. The van der Waals surface area contributed by atoms with Crippen molar-refractivity contribution < 1.29 is 0 Å². The van der Waals surface area contributed by atoms with Crippen molar-refractivity contribution in [2.24, 2.45) is 16.8 Å². The highest BCUT2D eigenvalue weighted by Crippen LogP contribution is 2.11. The molecule has 4 nitrogen and oxygen atoms in total. The third-order valence-corrected chi connectivity index (χ3v) is 3.32. The third-order valence-electron chi connectivity index (χ3n) is 3.32. The van der Waals surface area contributed by atoms with Gasteiger partial charge < -0.3 is 16.0 Å². The van der Waals surface area contributed by atoms with E-state index in [2.05, 4.69) is 72.9 Å². The summed E-state index contributed by atoms with van der Waals surface area (Å²) in [5.74, 6) is 2.00. The molecule has 4 heteroatoms. The summed E-state index contributed by atoms with van der Waals surface area (Å²) in [6, 6.07) is 10.7. The second kappa shape index (κ2) is 9.27. The average Bonchev–Trinajstić information content (AvgIpc) is 2.46. The number of hydrogen-bond donors (Lipinski definition) is 3. The van der Waals surface area contributed by atoms with E-state index in [4.69, 9.17) is 0 Å². The van der Waals surface area contributed by atoms with Crippen LogP contribution in [0, 0.1) is 11.8 Å². The molecule has 21 heavy (non-hydrogen) atoms. The first kappa shape index (κ1) is 17.3. The summed E-state index contributed by atoms with van der Waals surface area (Å²) in [5.41, 5.74) is 1.16. The summed E-state index contributed by atoms with van der Waals surface area (Å²) >= 11 is 0. The molecule has 0 saturated heterocycles. The largest absolute Gasteiger partial charge is 0.380 e. The lowest BCUT2D eigenvalue weighted by Crippen LogP contribution is -2.45. The Morgan fingerprint density at radius 1 is 1.00 bits per heavy atom. The molecule has 0 aliphatic heterocycles. The van der Waals surface area contributed by atoms with E-state index >= 15 is 0 Å². The Morgan fingerprint density at radius 3 is 2.14 bits per heavy atom. The molecule has 1 aromatic carbocycles. The van der Waals surface area contributed by atoms with Crippen molar-refractivity contribution in [3.05, 3.63) is 30.3 Å². The Labute approximate surface area is 129 Å². The van der Waals surface area contributed by atoms with E-state index in [-0.39, 0.29) is 0 Å². The molecule has 1 unspecified atom stereocenters. The zero-order valence-electron chi connectivity index (χ0n) is 14.0. The van der Waals surface area contributed by atoms with Crippen molar-refractivity contribution in [1.82, 2.24) is 10.6 Å². The quantitative estimate of drug-likeness (QED) is 0.534. The van der Waals surface area contributed by atoms with E-state index in [1.807, 2.05) is 13.1 Å². The summed E-state index contributed by atoms with van der Waals surface area (Å²) in [6.07, 6.45) is 0. The predicted molar refractivity (Wildman–Crippen MR) is 92.9 cm³/mol. The Morgan fingerprint density at radius 2 is 1.62 bits per heavy atom. The molecule has 0 fully saturated rings. The number of nitrogens with zero attached hydrogens (tertiary/aromatic N) is 1. The van der Waals surface area contributed by atoms with Gasteiger partial charge in [0.25, 0.3) is 0 Å². The van der Waals surface area contributed by atoms with Gasteiger partial charge in [-0.1, -0.05) is 45.9 Å². The number of para-hydroxylation sites is 1. The highest BCUT2D eigenvalue weighted by Gasteiger charge is 2.13. The van der Waals surface area contributed by atoms with Crippen LogP contribution in [0.1, 0.15) is 27.7 Å². The first-order valence-electron chi connectivity index (χ1n) is 7.79. The van der Waals surface area contributed by atoms with E-state index in [1.54, 1.807) is 0 Å². The lowest BCUT2D eigenvalue weighted by Gasteiger charge is -2.25. The molecule has 0 radical (unpaired) electrons. The maximum Gasteiger partial charge on any atom is 0.191 e. The van der Waals surface area contributed by atoms with Crippen LogP contribution < -0.4 is 16.0 Å². The van der Waals surface area contributed by atoms with Gasteiger partial charge in [0.2, 0.25) is 0 Å². The lowest BCUT2D eigenvalue weighted by molar-refractivity contribution is 0.510. The fraction of sp³-hybridized carbons (Fsp3) is 0.588. The Kier molecular flexibility index (Phi) is 7.65. The summed E-state index contributed by atoms with van der Waals surface area (Å²) in [4.78, 5) is 4.26. The minimum absolute atomic E-state index is 0.352. The highest BCUT2D eigenvalue weighted by molar-refractivity contribution is 5.79. The molecule has 0 bridgehead atoms. The van der Waals surface area contributed by atoms with Crippen molar-refractivity contribution in [2.75, 3.05) is 25.5 Å². The summed E-state index contributed by atoms with van der Waals surface area (Å²) in [6.45, 7) is 10.6. The van der Waals surface area contributed by atoms with Crippen molar-refractivity contribution in [3.8, 4) is 0 Å². The normalized spacial score (nSPS) is 13.4. The van der Waals surface area contributed by atoms with Crippen LogP contribution in [0.3, 0.4) is 0 Å². The van der Waals surface area contributed by atoms with Crippen LogP contribution in [-0.2, 0) is 0 Å². The summed E-state index contributed by atoms with van der Waals surface area (Å²) in [5, 5.41) is 10.3. The minimum Gasteiger partial charge on any atom is -0.380 e. The van der Waals surface area contributed by atoms with Gasteiger partial charge in [-0.3, -0.25) is 4.99 Å². The topological polar surface area (TPSA) is 48.5 Å². The molecule has 1 rings (SSSR count). The molecule has 0 aliphatic carbocycles. The molecule has 0 amide bonds. The van der Waals surface area contributed by atoms with Gasteiger partial charge >= 0.3 is 0 Å². The number of nitrogens with one attached hydrogen (secondary N) is 3. The molecule has 0 spiro atoms. The first-order chi connectivity index (χ1) is 10.0. The zero-order chi connectivity index (χ0) is 15.7. The number of rotatable bonds is 7. The van der Waals surface area contributed by atoms with E-state index < -0.39 is 0 Å². The maximum atomic E-state index is 4.26. The number of aliphatic imine (C=N–C) groups is 1. The van der Waals surface area contributed by atoms with E-state index in [0.717, 1.165) is 24.7 Å². The van der Waals surface area contributed by atoms with Crippen LogP contribution in [0.2, 0.25) is 0 Å². The molecule has 1 atom stereocenters. The smallest absolute Gasteiger partial charge is 0.191 e. The van der Waals surface area contributed by atoms with Gasteiger partial charge in [-0.15, -0.1) is 0 Å². The predicted octanol–water partition coefficient (Wildman–Crippen LogP) is 2.94. The van der Waals surface area contributed by atoms with Gasteiger partial charge in [0.1, 0.15) is 0 Å². The van der Waals surface area contributed by atoms with Crippen molar-refractivity contribution >= 4 is 11.6 Å². The average molecular weight is 290 g/mol. The number of hydrogen-bond acceptors (Lipinski definition) is 2. The van der Waals surface area contributed by atoms with E-state index in [9.17, 15) is 0 Å².